The van der Waals surface area contributed by atoms with Gasteiger partial charge in [-0.15, -0.1) is 11.3 Å². The number of hydrogen-bond donors (Lipinski definition) is 0. The molecule has 0 saturated heterocycles. The van der Waals surface area contributed by atoms with E-state index in [1.54, 1.807) is 0 Å². The summed E-state index contributed by atoms with van der Waals surface area (Å²) in [4.78, 5) is 5.04. The number of aromatic nitrogens is 1. The minimum atomic E-state index is -0.540. The van der Waals surface area contributed by atoms with E-state index in [-0.39, 0.29) is 0 Å². The molecule has 0 amide bonds. The lowest BCUT2D eigenvalue weighted by Crippen LogP contribution is -2.36. The largest absolute Gasteiger partial charge is 0.310 e. The van der Waals surface area contributed by atoms with Crippen LogP contribution in [-0.2, 0) is 5.41 Å². The molecule has 4 heteroatoms. The topological polar surface area (TPSA) is 8.17 Å². The van der Waals surface area contributed by atoms with E-state index in [4.69, 9.17) is 0 Å². The summed E-state index contributed by atoms with van der Waals surface area (Å²) < 4.78 is 5.08. The summed E-state index contributed by atoms with van der Waals surface area (Å²) in [5, 5.41) is 7.72. The molecule has 294 valence electrons. The zero-order valence-corrected chi connectivity index (χ0v) is 35.6. The molecule has 12 aromatic rings. The summed E-state index contributed by atoms with van der Waals surface area (Å²) >= 11 is 3.76. The summed E-state index contributed by atoms with van der Waals surface area (Å²) in [6.07, 6.45) is 0. The third kappa shape index (κ3) is 4.91. The van der Waals surface area contributed by atoms with Crippen molar-refractivity contribution in [2.24, 2.45) is 0 Å². The van der Waals surface area contributed by atoms with E-state index in [1.807, 2.05) is 23.1 Å². The van der Waals surface area contributed by atoms with Crippen molar-refractivity contribution in [3.05, 3.63) is 241 Å². The highest BCUT2D eigenvalue weighted by atomic mass is 32.2. The highest BCUT2D eigenvalue weighted by Gasteiger charge is 2.48. The Hall–Kier alpha value is -7.37. The van der Waals surface area contributed by atoms with Gasteiger partial charge in [-0.25, -0.2) is 0 Å². The molecule has 3 heterocycles. The smallest absolute Gasteiger partial charge is 0.0736 e. The first-order chi connectivity index (χ1) is 31.2. The van der Waals surface area contributed by atoms with Crippen LogP contribution in [-0.4, -0.2) is 4.57 Å². The van der Waals surface area contributed by atoms with E-state index in [0.717, 1.165) is 17.1 Å². The number of para-hydroxylation sites is 2. The Labute approximate surface area is 372 Å². The molecule has 63 heavy (non-hydrogen) atoms. The fourth-order valence-corrected chi connectivity index (χ4v) is 13.4. The van der Waals surface area contributed by atoms with E-state index in [2.05, 4.69) is 228 Å². The van der Waals surface area contributed by atoms with Crippen LogP contribution in [0.15, 0.2) is 228 Å². The summed E-state index contributed by atoms with van der Waals surface area (Å²) in [6.45, 7) is 0. The molecular weight excluding hydrogens is 801 g/mol. The molecule has 1 aliphatic carbocycles. The van der Waals surface area contributed by atoms with Gasteiger partial charge in [0.05, 0.1) is 16.4 Å². The predicted octanol–water partition coefficient (Wildman–Crippen LogP) is 16.6. The van der Waals surface area contributed by atoms with Crippen LogP contribution in [0.3, 0.4) is 0 Å². The van der Waals surface area contributed by atoms with Crippen molar-refractivity contribution >= 4 is 92.9 Å². The normalized spacial score (nSPS) is 15.0. The Kier molecular flexibility index (Phi) is 7.45. The number of hydrogen-bond acceptors (Lipinski definition) is 3. The van der Waals surface area contributed by atoms with Gasteiger partial charge < -0.3 is 9.47 Å². The van der Waals surface area contributed by atoms with Crippen LogP contribution in [0.5, 0.6) is 0 Å². The van der Waals surface area contributed by atoms with Crippen molar-refractivity contribution in [2.75, 3.05) is 4.90 Å². The Bertz CT molecular complexity index is 3850. The minimum absolute atomic E-state index is 0.540. The van der Waals surface area contributed by atoms with Gasteiger partial charge in [-0.05, 0) is 117 Å². The van der Waals surface area contributed by atoms with Crippen molar-refractivity contribution in [3.63, 3.8) is 0 Å². The Morgan fingerprint density at radius 1 is 0.381 bits per heavy atom. The lowest BCUT2D eigenvalue weighted by Gasteiger charge is -2.46. The molecule has 1 aliphatic heterocycles. The zero-order valence-electron chi connectivity index (χ0n) is 34.0. The molecule has 1 atom stereocenters. The minimum Gasteiger partial charge on any atom is -0.310 e. The second-order valence-corrected chi connectivity index (χ2v) is 19.0. The third-order valence-corrected chi connectivity index (χ3v) is 15.9. The van der Waals surface area contributed by atoms with Gasteiger partial charge in [-0.1, -0.05) is 157 Å². The molecule has 2 aromatic heterocycles. The highest BCUT2D eigenvalue weighted by Crippen LogP contribution is 2.62. The van der Waals surface area contributed by atoms with Gasteiger partial charge >= 0.3 is 0 Å². The second-order valence-electron chi connectivity index (χ2n) is 16.8. The van der Waals surface area contributed by atoms with Crippen molar-refractivity contribution in [3.8, 4) is 16.8 Å². The summed E-state index contributed by atoms with van der Waals surface area (Å²) in [6, 6.07) is 81.7. The molecule has 0 saturated carbocycles. The summed E-state index contributed by atoms with van der Waals surface area (Å²) in [7, 11) is 0. The van der Waals surface area contributed by atoms with E-state index < -0.39 is 5.41 Å². The maximum Gasteiger partial charge on any atom is 0.0736 e. The Morgan fingerprint density at radius 2 is 1.03 bits per heavy atom. The van der Waals surface area contributed by atoms with Crippen LogP contribution in [0.2, 0.25) is 0 Å². The lowest BCUT2D eigenvalue weighted by atomic mass is 9.59. The van der Waals surface area contributed by atoms with Crippen LogP contribution in [0.1, 0.15) is 22.3 Å². The van der Waals surface area contributed by atoms with Gasteiger partial charge in [0.25, 0.3) is 0 Å². The van der Waals surface area contributed by atoms with Gasteiger partial charge in [0.1, 0.15) is 0 Å². The van der Waals surface area contributed by atoms with Crippen LogP contribution in [0.4, 0.5) is 17.1 Å². The quantitative estimate of drug-likeness (QED) is 0.174. The van der Waals surface area contributed by atoms with E-state index in [0.29, 0.717) is 0 Å². The van der Waals surface area contributed by atoms with Crippen LogP contribution < -0.4 is 4.90 Å². The average Bonchev–Trinajstić information content (AvgIpc) is 3.88. The second kappa shape index (κ2) is 13.3. The number of fused-ring (bicyclic) bond motifs is 14. The number of rotatable bonds is 4. The van der Waals surface area contributed by atoms with Crippen LogP contribution in [0, 0.1) is 0 Å². The van der Waals surface area contributed by atoms with E-state index in [9.17, 15) is 0 Å². The third-order valence-electron chi connectivity index (χ3n) is 13.6. The van der Waals surface area contributed by atoms with Gasteiger partial charge in [0.15, 0.2) is 0 Å². The lowest BCUT2D eigenvalue weighted by molar-refractivity contribution is 0.707. The number of anilines is 3. The molecule has 0 N–H and O–H groups in total. The van der Waals surface area contributed by atoms with Gasteiger partial charge in [-0.3, -0.25) is 0 Å². The maximum atomic E-state index is 2.50. The molecule has 10 aromatic carbocycles. The van der Waals surface area contributed by atoms with Crippen LogP contribution in [0.25, 0.3) is 69.6 Å². The predicted molar refractivity (Wildman–Crippen MR) is 267 cm³/mol. The van der Waals surface area contributed by atoms with Crippen molar-refractivity contribution in [2.45, 2.75) is 15.2 Å². The molecule has 0 radical (unpaired) electrons. The molecule has 14 rings (SSSR count). The molecular formula is C59H36N2S2. The first-order valence-corrected chi connectivity index (χ1v) is 23.2. The summed E-state index contributed by atoms with van der Waals surface area (Å²) in [5.74, 6) is 0. The number of thiophene rings is 1. The number of nitrogens with zero attached hydrogens (tertiary/aromatic N) is 2. The van der Waals surface area contributed by atoms with Crippen molar-refractivity contribution in [1.82, 2.24) is 4.57 Å². The number of benzene rings is 10. The summed E-state index contributed by atoms with van der Waals surface area (Å²) in [5.41, 5.74) is 14.3. The molecule has 1 spiro atoms. The standard InChI is InChI=1S/C59H36N2S2/c1-2-16-38(17-3-1)60(40-28-31-44-43-19-5-9-25-52(43)61(53(44)35-40)41-29-32-46-45-20-6-10-26-54(45)62-57(46)36-41)39-30-33-56-51(34-39)59(49-23-8-11-27-55(49)63-56)48-22-7-4-18-42(48)47-21-12-14-37-15-13-24-50(59)58(37)47/h1-36H. The monoisotopic (exact) mass is 836 g/mol. The molecule has 0 fully saturated rings. The van der Waals surface area contributed by atoms with Crippen LogP contribution >= 0.6 is 23.1 Å². The fraction of sp³-hybridized carbons (Fsp3) is 0.0169. The first-order valence-electron chi connectivity index (χ1n) is 21.6. The average molecular weight is 837 g/mol. The van der Waals surface area contributed by atoms with E-state index >= 15 is 0 Å². The SMILES string of the molecule is c1ccc(N(c2ccc3c(c2)C2(c4ccccc4S3)c3ccccc3-c3cccc4cccc2c34)c2ccc3c4ccccc4n(-c4ccc5c(c4)sc4ccccc45)c3c2)cc1. The van der Waals surface area contributed by atoms with Gasteiger partial charge in [-0.2, -0.15) is 0 Å². The van der Waals surface area contributed by atoms with Gasteiger partial charge in [0, 0.05) is 63.5 Å². The van der Waals surface area contributed by atoms with Gasteiger partial charge in [0.2, 0.25) is 0 Å². The molecule has 2 aliphatic rings. The van der Waals surface area contributed by atoms with Crippen molar-refractivity contribution < 1.29 is 0 Å². The molecule has 2 nitrogen and oxygen atoms in total. The Balaban J connectivity index is 1.03. The highest BCUT2D eigenvalue weighted by molar-refractivity contribution is 7.99. The van der Waals surface area contributed by atoms with E-state index in [1.165, 1.54) is 102 Å². The molecule has 1 unspecified atom stereocenters. The van der Waals surface area contributed by atoms with Crippen molar-refractivity contribution in [1.29, 1.82) is 0 Å². The zero-order chi connectivity index (χ0) is 41.2. The molecule has 0 bridgehead atoms. The Morgan fingerprint density at radius 3 is 1.95 bits per heavy atom. The fourth-order valence-electron chi connectivity index (χ4n) is 11.1. The maximum absolute atomic E-state index is 2.50. The first kappa shape index (κ1) is 35.2.